The molecule has 2 atom stereocenters. The molecule has 0 fully saturated rings. The summed E-state index contributed by atoms with van der Waals surface area (Å²) in [4.78, 5) is 39.4. The fraction of sp³-hybridized carbons (Fsp3) is 0.361. The molecular formula is C36H36BrF7N2O5. The van der Waals surface area contributed by atoms with Crippen LogP contribution in [-0.2, 0) is 26.7 Å². The molecule has 0 bridgehead atoms. The van der Waals surface area contributed by atoms with Gasteiger partial charge >= 0.3 is 18.3 Å². The van der Waals surface area contributed by atoms with Crippen molar-refractivity contribution in [3.8, 4) is 16.9 Å². The van der Waals surface area contributed by atoms with Crippen molar-refractivity contribution in [1.82, 2.24) is 9.88 Å². The zero-order valence-electron chi connectivity index (χ0n) is 27.9. The summed E-state index contributed by atoms with van der Waals surface area (Å²) >= 11 is 2.76. The SMILES string of the molecule is C=CCCCOc1cc(C)cc(C)c1-c1cc([C@H](CC(=O)OCC)NC(=O)[C@H](CC=C)n2cc(Br)c(C(F)(F)F)cc2=O)c(F)c(C(F)(F)F)c1. The van der Waals surface area contributed by atoms with Crippen molar-refractivity contribution >= 4 is 27.8 Å². The summed E-state index contributed by atoms with van der Waals surface area (Å²) in [6.45, 7) is 12.1. The van der Waals surface area contributed by atoms with E-state index in [-0.39, 0.29) is 42.6 Å². The Morgan fingerprint density at radius 1 is 1.00 bits per heavy atom. The minimum atomic E-state index is -5.23. The van der Waals surface area contributed by atoms with Gasteiger partial charge in [-0.2, -0.15) is 26.3 Å². The number of benzene rings is 2. The highest BCUT2D eigenvalue weighted by Gasteiger charge is 2.39. The predicted octanol–water partition coefficient (Wildman–Crippen LogP) is 9.34. The molecule has 0 aliphatic carbocycles. The normalized spacial score (nSPS) is 12.9. The number of carbonyl (C=O) groups excluding carboxylic acids is 2. The number of ether oxygens (including phenoxy) is 2. The number of amides is 1. The maximum absolute atomic E-state index is 16.1. The van der Waals surface area contributed by atoms with Crippen LogP contribution in [0.3, 0.4) is 0 Å². The molecule has 276 valence electrons. The first-order valence-electron chi connectivity index (χ1n) is 15.7. The molecular weight excluding hydrogens is 753 g/mol. The minimum absolute atomic E-state index is 0.136. The van der Waals surface area contributed by atoms with E-state index in [1.165, 1.54) is 13.0 Å². The minimum Gasteiger partial charge on any atom is -0.493 e. The number of allylic oxidation sites excluding steroid dienone is 2. The quantitative estimate of drug-likeness (QED) is 0.0718. The summed E-state index contributed by atoms with van der Waals surface area (Å²) in [6, 6.07) is 1.83. The average molecular weight is 790 g/mol. The van der Waals surface area contributed by atoms with E-state index in [0.717, 1.165) is 17.8 Å². The van der Waals surface area contributed by atoms with E-state index in [4.69, 9.17) is 9.47 Å². The number of hydrogen-bond acceptors (Lipinski definition) is 5. The zero-order chi connectivity index (χ0) is 38.3. The van der Waals surface area contributed by atoms with E-state index in [1.807, 2.05) is 0 Å². The molecule has 0 aliphatic rings. The number of unbranched alkanes of at least 4 members (excludes halogenated alkanes) is 1. The fourth-order valence-electron chi connectivity index (χ4n) is 5.45. The van der Waals surface area contributed by atoms with Crippen molar-refractivity contribution in [3.63, 3.8) is 0 Å². The summed E-state index contributed by atoms with van der Waals surface area (Å²) in [5.74, 6) is -3.71. The van der Waals surface area contributed by atoms with Crippen molar-refractivity contribution in [2.24, 2.45) is 0 Å². The van der Waals surface area contributed by atoms with E-state index < -0.39 is 75.3 Å². The Hall–Kier alpha value is -4.40. The number of alkyl halides is 6. The summed E-state index contributed by atoms with van der Waals surface area (Å²) in [5.41, 5.74) is -3.68. The van der Waals surface area contributed by atoms with E-state index in [2.05, 4.69) is 34.4 Å². The summed E-state index contributed by atoms with van der Waals surface area (Å²) in [5, 5.41) is 2.35. The van der Waals surface area contributed by atoms with Gasteiger partial charge in [0, 0.05) is 27.9 Å². The first kappa shape index (κ1) is 41.0. The summed E-state index contributed by atoms with van der Waals surface area (Å²) < 4.78 is 111. The van der Waals surface area contributed by atoms with Gasteiger partial charge in [-0.05, 0) is 90.9 Å². The van der Waals surface area contributed by atoms with Gasteiger partial charge in [-0.25, -0.2) is 4.39 Å². The molecule has 15 heteroatoms. The van der Waals surface area contributed by atoms with Gasteiger partial charge in [-0.1, -0.05) is 18.2 Å². The molecule has 1 N–H and O–H groups in total. The largest absolute Gasteiger partial charge is 0.493 e. The Labute approximate surface area is 298 Å². The maximum Gasteiger partial charge on any atom is 0.419 e. The second-order valence-electron chi connectivity index (χ2n) is 11.5. The molecule has 2 aromatic carbocycles. The van der Waals surface area contributed by atoms with Crippen LogP contribution in [0.5, 0.6) is 5.75 Å². The highest BCUT2D eigenvalue weighted by atomic mass is 79.9. The topological polar surface area (TPSA) is 86.6 Å². The molecule has 0 aliphatic heterocycles. The van der Waals surface area contributed by atoms with Gasteiger partial charge < -0.3 is 19.4 Å². The molecule has 0 saturated carbocycles. The van der Waals surface area contributed by atoms with E-state index in [9.17, 15) is 40.7 Å². The predicted molar refractivity (Wildman–Crippen MR) is 181 cm³/mol. The highest BCUT2D eigenvalue weighted by Crippen LogP contribution is 2.42. The Kier molecular flexibility index (Phi) is 13.8. The fourth-order valence-corrected chi connectivity index (χ4v) is 6.01. The Bertz CT molecular complexity index is 1840. The maximum atomic E-state index is 16.1. The van der Waals surface area contributed by atoms with Crippen LogP contribution in [0.25, 0.3) is 11.1 Å². The number of pyridine rings is 1. The molecule has 0 spiro atoms. The van der Waals surface area contributed by atoms with Crippen molar-refractivity contribution in [3.05, 3.63) is 110 Å². The molecule has 51 heavy (non-hydrogen) atoms. The number of hydrogen-bond donors (Lipinski definition) is 1. The lowest BCUT2D eigenvalue weighted by atomic mass is 9.90. The lowest BCUT2D eigenvalue weighted by Crippen LogP contribution is -2.40. The first-order chi connectivity index (χ1) is 23.8. The number of carbonyl (C=O) groups is 2. The monoisotopic (exact) mass is 788 g/mol. The first-order valence-corrected chi connectivity index (χ1v) is 16.4. The second-order valence-corrected chi connectivity index (χ2v) is 12.4. The van der Waals surface area contributed by atoms with Crippen molar-refractivity contribution < 1.29 is 49.8 Å². The van der Waals surface area contributed by atoms with Crippen LogP contribution < -0.4 is 15.6 Å². The second kappa shape index (κ2) is 17.2. The van der Waals surface area contributed by atoms with E-state index in [1.54, 1.807) is 32.1 Å². The van der Waals surface area contributed by atoms with E-state index >= 15 is 4.39 Å². The van der Waals surface area contributed by atoms with Crippen LogP contribution in [0.4, 0.5) is 30.7 Å². The van der Waals surface area contributed by atoms with Crippen LogP contribution in [0.2, 0.25) is 0 Å². The molecule has 7 nitrogen and oxygen atoms in total. The average Bonchev–Trinajstić information content (AvgIpc) is 3.01. The number of rotatable bonds is 15. The molecule has 0 saturated heterocycles. The summed E-state index contributed by atoms with van der Waals surface area (Å²) in [6.07, 6.45) is -6.58. The third-order valence-corrected chi connectivity index (χ3v) is 8.31. The van der Waals surface area contributed by atoms with Crippen molar-refractivity contribution in [2.45, 2.75) is 70.9 Å². The lowest BCUT2D eigenvalue weighted by molar-refractivity contribution is -0.144. The van der Waals surface area contributed by atoms with Gasteiger partial charge in [-0.3, -0.25) is 14.4 Å². The number of nitrogens with zero attached hydrogens (tertiary/aromatic N) is 1. The Morgan fingerprint density at radius 3 is 2.25 bits per heavy atom. The molecule has 1 aromatic heterocycles. The van der Waals surface area contributed by atoms with Crippen LogP contribution in [0.1, 0.15) is 72.5 Å². The number of aryl methyl sites for hydroxylation is 2. The van der Waals surface area contributed by atoms with Crippen LogP contribution >= 0.6 is 15.9 Å². The Balaban J connectivity index is 2.26. The molecule has 3 aromatic rings. The van der Waals surface area contributed by atoms with E-state index in [0.29, 0.717) is 29.0 Å². The number of halogens is 8. The smallest absolute Gasteiger partial charge is 0.419 e. The van der Waals surface area contributed by atoms with Gasteiger partial charge in [0.2, 0.25) is 5.91 Å². The van der Waals surface area contributed by atoms with Gasteiger partial charge in [0.25, 0.3) is 5.56 Å². The number of aromatic nitrogens is 1. The molecule has 3 rings (SSSR count). The van der Waals surface area contributed by atoms with Gasteiger partial charge in [0.1, 0.15) is 17.6 Å². The molecule has 0 radical (unpaired) electrons. The number of esters is 1. The van der Waals surface area contributed by atoms with Crippen LogP contribution in [-0.4, -0.2) is 29.7 Å². The molecule has 0 unspecified atom stereocenters. The van der Waals surface area contributed by atoms with Crippen molar-refractivity contribution in [1.29, 1.82) is 0 Å². The van der Waals surface area contributed by atoms with Crippen LogP contribution in [0.15, 0.2) is 71.1 Å². The Morgan fingerprint density at radius 2 is 1.67 bits per heavy atom. The van der Waals surface area contributed by atoms with Gasteiger partial charge in [0.05, 0.1) is 36.8 Å². The zero-order valence-corrected chi connectivity index (χ0v) is 29.5. The third-order valence-electron chi connectivity index (χ3n) is 7.68. The van der Waals surface area contributed by atoms with Crippen molar-refractivity contribution in [2.75, 3.05) is 13.2 Å². The lowest BCUT2D eigenvalue weighted by Gasteiger charge is -2.26. The standard InChI is InChI=1S/C36H36BrF7N2O5/c1-6-9-10-12-51-29-14-20(4)13-21(5)32(29)22-15-23(33(38)25(16-22)36(42,43)44)27(18-31(48)50-8-3)45-34(49)28(11-7-2)46-19-26(37)24(17-30(46)47)35(39,40)41/h6-7,13-17,19,27-28H,1-2,8-12,18H2,3-5H3,(H,45,49)/t27-,28-/m0/s1. The molecule has 1 amide bonds. The van der Waals surface area contributed by atoms with Gasteiger partial charge in [0.15, 0.2) is 0 Å². The summed E-state index contributed by atoms with van der Waals surface area (Å²) in [7, 11) is 0. The third kappa shape index (κ3) is 10.3. The highest BCUT2D eigenvalue weighted by molar-refractivity contribution is 9.10. The molecule has 1 heterocycles. The van der Waals surface area contributed by atoms with Gasteiger partial charge in [-0.15, -0.1) is 13.2 Å². The number of nitrogens with one attached hydrogen (secondary N) is 1. The van der Waals surface area contributed by atoms with Crippen LogP contribution in [0, 0.1) is 19.7 Å².